The van der Waals surface area contributed by atoms with Crippen LogP contribution in [-0.2, 0) is 19.1 Å². The van der Waals surface area contributed by atoms with Crippen LogP contribution in [0.5, 0.6) is 0 Å². The van der Waals surface area contributed by atoms with E-state index in [2.05, 4.69) is 10.3 Å². The average Bonchev–Trinajstić information content (AvgIpc) is 2.68. The number of carbonyl (C=O) groups excluding carboxylic acids is 3. The molecule has 2 atom stereocenters. The maximum Gasteiger partial charge on any atom is 0.339 e. The number of benzene rings is 1. The maximum absolute atomic E-state index is 12.4. The molecule has 27 heavy (non-hydrogen) atoms. The summed E-state index contributed by atoms with van der Waals surface area (Å²) in [4.78, 5) is 40.5. The van der Waals surface area contributed by atoms with Crippen molar-refractivity contribution in [2.24, 2.45) is 5.92 Å². The van der Waals surface area contributed by atoms with Gasteiger partial charge in [-0.1, -0.05) is 50.1 Å². The molecule has 0 fully saturated rings. The van der Waals surface area contributed by atoms with Crippen LogP contribution in [0, 0.1) is 5.92 Å². The van der Waals surface area contributed by atoms with E-state index in [4.69, 9.17) is 21.1 Å². The first-order chi connectivity index (χ1) is 12.9. The second kappa shape index (κ2) is 9.32. The summed E-state index contributed by atoms with van der Waals surface area (Å²) >= 11 is 5.95. The van der Waals surface area contributed by atoms with E-state index in [1.807, 2.05) is 13.8 Å². The van der Waals surface area contributed by atoms with Gasteiger partial charge in [-0.3, -0.25) is 4.79 Å². The molecule has 1 N–H and O–H groups in total. The molecule has 0 aliphatic heterocycles. The third kappa shape index (κ3) is 5.17. The van der Waals surface area contributed by atoms with E-state index in [9.17, 15) is 14.4 Å². The molecule has 8 heteroatoms. The lowest BCUT2D eigenvalue weighted by Gasteiger charge is -2.21. The normalized spacial score (nSPS) is 12.9. The SMILES string of the molecule is CC[C@H](C)[C@H](NC(=O)COC(=O)c1cc(Cl)nc2ccccc12)C(=O)OC. The Balaban J connectivity index is 2.07. The van der Waals surface area contributed by atoms with E-state index in [1.165, 1.54) is 13.2 Å². The van der Waals surface area contributed by atoms with Gasteiger partial charge >= 0.3 is 11.9 Å². The molecule has 2 aromatic rings. The molecule has 7 nitrogen and oxygen atoms in total. The Hall–Kier alpha value is -2.67. The number of hydrogen-bond donors (Lipinski definition) is 1. The van der Waals surface area contributed by atoms with Gasteiger partial charge in [-0.25, -0.2) is 14.6 Å². The third-order valence-corrected chi connectivity index (χ3v) is 4.42. The topological polar surface area (TPSA) is 94.6 Å². The lowest BCUT2D eigenvalue weighted by Crippen LogP contribution is -2.47. The first-order valence-corrected chi connectivity index (χ1v) is 8.84. The second-order valence-electron chi connectivity index (χ2n) is 6.04. The number of rotatable bonds is 7. The number of hydrogen-bond acceptors (Lipinski definition) is 6. The van der Waals surface area contributed by atoms with Crippen molar-refractivity contribution in [2.75, 3.05) is 13.7 Å². The molecular weight excluding hydrogens is 372 g/mol. The number of esters is 2. The van der Waals surface area contributed by atoms with Gasteiger partial charge in [0.05, 0.1) is 18.2 Å². The number of nitrogens with one attached hydrogen (secondary N) is 1. The highest BCUT2D eigenvalue weighted by Gasteiger charge is 2.27. The minimum Gasteiger partial charge on any atom is -0.467 e. The van der Waals surface area contributed by atoms with E-state index in [0.29, 0.717) is 17.3 Å². The highest BCUT2D eigenvalue weighted by Crippen LogP contribution is 2.21. The Morgan fingerprint density at radius 1 is 1.26 bits per heavy atom. The van der Waals surface area contributed by atoms with Gasteiger partial charge in [-0.15, -0.1) is 0 Å². The third-order valence-electron chi connectivity index (χ3n) is 4.22. The van der Waals surface area contributed by atoms with Gasteiger partial charge in [0.15, 0.2) is 6.61 Å². The standard InChI is InChI=1S/C19H21ClN2O5/c1-4-11(2)17(19(25)26-3)22-16(23)10-27-18(24)13-9-15(20)21-14-8-6-5-7-12(13)14/h5-9,11,17H,4,10H2,1-3H3,(H,22,23)/t11-,17-/m0/s1. The molecule has 1 amide bonds. The number of fused-ring (bicyclic) bond motifs is 1. The fourth-order valence-electron chi connectivity index (χ4n) is 2.53. The van der Waals surface area contributed by atoms with E-state index in [-0.39, 0.29) is 16.6 Å². The van der Waals surface area contributed by atoms with Gasteiger partial charge in [0.2, 0.25) is 0 Å². The van der Waals surface area contributed by atoms with Crippen LogP contribution >= 0.6 is 11.6 Å². The molecule has 0 aliphatic carbocycles. The summed E-state index contributed by atoms with van der Waals surface area (Å²) in [5.41, 5.74) is 0.758. The molecule has 1 aromatic heterocycles. The molecule has 1 heterocycles. The number of ether oxygens (including phenoxy) is 2. The maximum atomic E-state index is 12.4. The van der Waals surface area contributed by atoms with Crippen molar-refractivity contribution in [3.63, 3.8) is 0 Å². The van der Waals surface area contributed by atoms with E-state index in [1.54, 1.807) is 24.3 Å². The fourth-order valence-corrected chi connectivity index (χ4v) is 2.73. The minimum atomic E-state index is -0.803. The van der Waals surface area contributed by atoms with Crippen molar-refractivity contribution in [1.82, 2.24) is 10.3 Å². The highest BCUT2D eigenvalue weighted by atomic mass is 35.5. The van der Waals surface area contributed by atoms with Crippen LogP contribution in [0.2, 0.25) is 5.15 Å². The predicted molar refractivity (Wildman–Crippen MR) is 100 cm³/mol. The Bertz CT molecular complexity index is 855. The average molecular weight is 393 g/mol. The first-order valence-electron chi connectivity index (χ1n) is 8.47. The zero-order valence-corrected chi connectivity index (χ0v) is 16.1. The number of para-hydroxylation sites is 1. The van der Waals surface area contributed by atoms with E-state index < -0.39 is 30.5 Å². The van der Waals surface area contributed by atoms with Crippen molar-refractivity contribution in [1.29, 1.82) is 0 Å². The minimum absolute atomic E-state index is 0.125. The van der Waals surface area contributed by atoms with E-state index in [0.717, 1.165) is 0 Å². The van der Waals surface area contributed by atoms with Crippen molar-refractivity contribution >= 4 is 40.3 Å². The summed E-state index contributed by atoms with van der Waals surface area (Å²) in [5, 5.41) is 3.26. The predicted octanol–water partition coefficient (Wildman–Crippen LogP) is 2.75. The van der Waals surface area contributed by atoms with Gasteiger partial charge < -0.3 is 14.8 Å². The summed E-state index contributed by atoms with van der Waals surface area (Å²) in [6, 6.07) is 7.55. The van der Waals surface area contributed by atoms with Crippen molar-refractivity contribution in [3.05, 3.63) is 41.0 Å². The molecule has 0 bridgehead atoms. The fraction of sp³-hybridized carbons (Fsp3) is 0.368. The monoisotopic (exact) mass is 392 g/mol. The molecule has 0 saturated heterocycles. The molecule has 144 valence electrons. The van der Waals surface area contributed by atoms with Crippen LogP contribution in [0.1, 0.15) is 30.6 Å². The van der Waals surface area contributed by atoms with Crippen LogP contribution < -0.4 is 5.32 Å². The zero-order valence-electron chi connectivity index (χ0n) is 15.3. The molecule has 0 aliphatic rings. The van der Waals surface area contributed by atoms with Crippen LogP contribution in [0.4, 0.5) is 0 Å². The summed E-state index contributed by atoms with van der Waals surface area (Å²) in [5.74, 6) is -1.97. The zero-order chi connectivity index (χ0) is 20.0. The van der Waals surface area contributed by atoms with Gasteiger partial charge in [-0.2, -0.15) is 0 Å². The number of halogens is 1. The summed E-state index contributed by atoms with van der Waals surface area (Å²) in [7, 11) is 1.25. The van der Waals surface area contributed by atoms with Gasteiger partial charge in [0.1, 0.15) is 11.2 Å². The number of amides is 1. The summed E-state index contributed by atoms with van der Waals surface area (Å²) < 4.78 is 9.80. The van der Waals surface area contributed by atoms with Crippen LogP contribution in [0.15, 0.2) is 30.3 Å². The molecule has 0 saturated carbocycles. The largest absolute Gasteiger partial charge is 0.467 e. The van der Waals surface area contributed by atoms with Crippen molar-refractivity contribution in [3.8, 4) is 0 Å². The quantitative estimate of drug-likeness (QED) is 0.575. The van der Waals surface area contributed by atoms with Crippen LogP contribution in [-0.4, -0.2) is 42.6 Å². The number of pyridine rings is 1. The second-order valence-corrected chi connectivity index (χ2v) is 6.43. The van der Waals surface area contributed by atoms with Gasteiger partial charge in [0.25, 0.3) is 5.91 Å². The van der Waals surface area contributed by atoms with Crippen LogP contribution in [0.3, 0.4) is 0 Å². The van der Waals surface area contributed by atoms with E-state index >= 15 is 0 Å². The number of nitrogens with zero attached hydrogens (tertiary/aromatic N) is 1. The molecule has 2 rings (SSSR count). The molecule has 1 aromatic carbocycles. The smallest absolute Gasteiger partial charge is 0.339 e. The Kier molecular flexibility index (Phi) is 7.12. The Labute approximate surface area is 162 Å². The Morgan fingerprint density at radius 3 is 2.63 bits per heavy atom. The number of methoxy groups -OCH3 is 1. The summed E-state index contributed by atoms with van der Waals surface area (Å²) in [6.07, 6.45) is 0.668. The van der Waals surface area contributed by atoms with Gasteiger partial charge in [-0.05, 0) is 18.1 Å². The summed E-state index contributed by atoms with van der Waals surface area (Å²) in [6.45, 7) is 3.18. The lowest BCUT2D eigenvalue weighted by molar-refractivity contribution is -0.147. The Morgan fingerprint density at radius 2 is 1.96 bits per heavy atom. The number of carbonyl (C=O) groups is 3. The van der Waals surface area contributed by atoms with Crippen molar-refractivity contribution < 1.29 is 23.9 Å². The van der Waals surface area contributed by atoms with Crippen LogP contribution in [0.25, 0.3) is 10.9 Å². The van der Waals surface area contributed by atoms with Crippen molar-refractivity contribution in [2.45, 2.75) is 26.3 Å². The molecule has 0 radical (unpaired) electrons. The molecular formula is C19H21ClN2O5. The number of aromatic nitrogens is 1. The highest BCUT2D eigenvalue weighted by molar-refractivity contribution is 6.30. The van der Waals surface area contributed by atoms with Gasteiger partial charge in [0, 0.05) is 5.39 Å². The molecule has 0 unspecified atom stereocenters. The molecule has 0 spiro atoms. The lowest BCUT2D eigenvalue weighted by atomic mass is 9.99. The first kappa shape index (κ1) is 20.6.